The lowest BCUT2D eigenvalue weighted by Crippen LogP contribution is -2.41. The molecule has 0 aliphatic carbocycles. The van der Waals surface area contributed by atoms with E-state index in [0.29, 0.717) is 6.61 Å². The van der Waals surface area contributed by atoms with Crippen LogP contribution in [0.25, 0.3) is 5.57 Å². The lowest BCUT2D eigenvalue weighted by Gasteiger charge is -2.43. The molecule has 0 unspecified atom stereocenters. The van der Waals surface area contributed by atoms with Crippen LogP contribution in [-0.4, -0.2) is 19.3 Å². The SMILES string of the molecule is CCOc1ccc2c(c1)C(C)=CC(C)(C)N2c1ccc(OC)cc1. The predicted molar refractivity (Wildman–Crippen MR) is 100 cm³/mol. The molecule has 2 aromatic rings. The van der Waals surface area contributed by atoms with Crippen molar-refractivity contribution in [2.75, 3.05) is 18.6 Å². The fraction of sp³-hybridized carbons (Fsp3) is 0.333. The maximum Gasteiger partial charge on any atom is 0.120 e. The monoisotopic (exact) mass is 323 g/mol. The lowest BCUT2D eigenvalue weighted by atomic mass is 9.88. The summed E-state index contributed by atoms with van der Waals surface area (Å²) in [4.78, 5) is 2.37. The second-order valence-corrected chi connectivity index (χ2v) is 6.63. The number of nitrogens with zero attached hydrogens (tertiary/aromatic N) is 1. The summed E-state index contributed by atoms with van der Waals surface area (Å²) in [5.74, 6) is 1.78. The third kappa shape index (κ3) is 2.86. The average molecular weight is 323 g/mol. The molecule has 0 bridgehead atoms. The van der Waals surface area contributed by atoms with Crippen molar-refractivity contribution in [2.45, 2.75) is 33.2 Å². The van der Waals surface area contributed by atoms with Gasteiger partial charge in [-0.25, -0.2) is 0 Å². The molecule has 1 heterocycles. The van der Waals surface area contributed by atoms with Crippen LogP contribution < -0.4 is 14.4 Å². The summed E-state index contributed by atoms with van der Waals surface area (Å²) < 4.78 is 11.0. The van der Waals surface area contributed by atoms with Crippen LogP contribution >= 0.6 is 0 Å². The molecule has 1 aliphatic heterocycles. The number of hydrogen-bond donors (Lipinski definition) is 0. The van der Waals surface area contributed by atoms with Gasteiger partial charge in [0.05, 0.1) is 19.3 Å². The van der Waals surface area contributed by atoms with Crippen LogP contribution in [0.15, 0.2) is 48.5 Å². The van der Waals surface area contributed by atoms with Gasteiger partial charge in [0.2, 0.25) is 0 Å². The smallest absolute Gasteiger partial charge is 0.120 e. The Labute approximate surface area is 144 Å². The molecule has 1 aliphatic rings. The van der Waals surface area contributed by atoms with Gasteiger partial charge in [-0.05, 0) is 75.7 Å². The minimum atomic E-state index is -0.112. The standard InChI is InChI=1S/C21H25NO2/c1-6-24-18-11-12-20-19(13-18)15(2)14-21(3,4)22(20)16-7-9-17(23-5)10-8-16/h7-14H,6H2,1-5H3. The Hall–Kier alpha value is -2.42. The summed E-state index contributed by atoms with van der Waals surface area (Å²) in [6, 6.07) is 14.6. The van der Waals surface area contributed by atoms with Crippen LogP contribution in [-0.2, 0) is 0 Å². The van der Waals surface area contributed by atoms with Gasteiger partial charge in [0, 0.05) is 16.9 Å². The number of fused-ring (bicyclic) bond motifs is 1. The summed E-state index contributed by atoms with van der Waals surface area (Å²) in [7, 11) is 1.69. The van der Waals surface area contributed by atoms with E-state index in [1.54, 1.807) is 7.11 Å². The van der Waals surface area contributed by atoms with E-state index in [1.807, 2.05) is 25.1 Å². The minimum Gasteiger partial charge on any atom is -0.497 e. The van der Waals surface area contributed by atoms with E-state index >= 15 is 0 Å². The zero-order valence-corrected chi connectivity index (χ0v) is 15.1. The Morgan fingerprint density at radius 3 is 2.29 bits per heavy atom. The van der Waals surface area contributed by atoms with Crippen molar-refractivity contribution in [3.05, 3.63) is 54.1 Å². The lowest BCUT2D eigenvalue weighted by molar-refractivity contribution is 0.340. The highest BCUT2D eigenvalue weighted by Crippen LogP contribution is 2.44. The molecule has 126 valence electrons. The predicted octanol–water partition coefficient (Wildman–Crippen LogP) is 5.43. The number of anilines is 2. The van der Waals surface area contributed by atoms with E-state index < -0.39 is 0 Å². The normalized spacial score (nSPS) is 15.5. The maximum absolute atomic E-state index is 5.68. The first-order chi connectivity index (χ1) is 11.5. The Balaban J connectivity index is 2.11. The van der Waals surface area contributed by atoms with E-state index in [9.17, 15) is 0 Å². The van der Waals surface area contributed by atoms with Crippen LogP contribution in [0, 0.1) is 0 Å². The Bertz CT molecular complexity index is 760. The van der Waals surface area contributed by atoms with Crippen LogP contribution in [0.1, 0.15) is 33.3 Å². The number of ether oxygens (including phenoxy) is 2. The quantitative estimate of drug-likeness (QED) is 0.749. The number of allylic oxidation sites excluding steroid dienone is 1. The molecule has 0 saturated heterocycles. The topological polar surface area (TPSA) is 21.7 Å². The molecular weight excluding hydrogens is 298 g/mol. The summed E-state index contributed by atoms with van der Waals surface area (Å²) >= 11 is 0. The van der Waals surface area contributed by atoms with E-state index in [4.69, 9.17) is 9.47 Å². The summed E-state index contributed by atoms with van der Waals surface area (Å²) in [5, 5.41) is 0. The molecule has 0 radical (unpaired) electrons. The molecular formula is C21H25NO2. The average Bonchev–Trinajstić information content (AvgIpc) is 2.55. The number of benzene rings is 2. The molecule has 2 aromatic carbocycles. The molecule has 24 heavy (non-hydrogen) atoms. The molecule has 0 fully saturated rings. The molecule has 3 rings (SSSR count). The highest BCUT2D eigenvalue weighted by Gasteiger charge is 2.32. The second-order valence-electron chi connectivity index (χ2n) is 6.63. The second kappa shape index (κ2) is 6.23. The van der Waals surface area contributed by atoms with Crippen molar-refractivity contribution in [3.63, 3.8) is 0 Å². The van der Waals surface area contributed by atoms with Crippen LogP contribution in [0.4, 0.5) is 11.4 Å². The van der Waals surface area contributed by atoms with E-state index in [-0.39, 0.29) is 5.54 Å². The molecule has 3 heteroatoms. The van der Waals surface area contributed by atoms with Crippen molar-refractivity contribution in [2.24, 2.45) is 0 Å². The van der Waals surface area contributed by atoms with Crippen LogP contribution in [0.2, 0.25) is 0 Å². The van der Waals surface area contributed by atoms with Crippen molar-refractivity contribution < 1.29 is 9.47 Å². The van der Waals surface area contributed by atoms with Gasteiger partial charge in [-0.15, -0.1) is 0 Å². The van der Waals surface area contributed by atoms with E-state index in [0.717, 1.165) is 17.2 Å². The Kier molecular flexibility index (Phi) is 4.27. The highest BCUT2D eigenvalue weighted by molar-refractivity contribution is 5.86. The first kappa shape index (κ1) is 16.4. The van der Waals surface area contributed by atoms with Gasteiger partial charge in [-0.2, -0.15) is 0 Å². The van der Waals surface area contributed by atoms with Gasteiger partial charge < -0.3 is 14.4 Å². The number of hydrogen-bond acceptors (Lipinski definition) is 3. The fourth-order valence-electron chi connectivity index (χ4n) is 3.47. The third-order valence-corrected chi connectivity index (χ3v) is 4.42. The Morgan fingerprint density at radius 1 is 1.00 bits per heavy atom. The van der Waals surface area contributed by atoms with Crippen molar-refractivity contribution in [1.82, 2.24) is 0 Å². The third-order valence-electron chi connectivity index (χ3n) is 4.42. The van der Waals surface area contributed by atoms with Gasteiger partial charge in [0.1, 0.15) is 11.5 Å². The van der Waals surface area contributed by atoms with Gasteiger partial charge in [-0.3, -0.25) is 0 Å². The maximum atomic E-state index is 5.68. The van der Waals surface area contributed by atoms with Crippen molar-refractivity contribution in [1.29, 1.82) is 0 Å². The van der Waals surface area contributed by atoms with Gasteiger partial charge in [0.25, 0.3) is 0 Å². The molecule has 0 atom stereocenters. The summed E-state index contributed by atoms with van der Waals surface area (Å²) in [6.45, 7) is 9.33. The van der Waals surface area contributed by atoms with Gasteiger partial charge in [0.15, 0.2) is 0 Å². The number of rotatable bonds is 4. The molecule has 0 N–H and O–H groups in total. The molecule has 0 amide bonds. The zero-order chi connectivity index (χ0) is 17.3. The van der Waals surface area contributed by atoms with Crippen molar-refractivity contribution >= 4 is 16.9 Å². The summed E-state index contributed by atoms with van der Waals surface area (Å²) in [5.41, 5.74) is 4.74. The molecule has 0 saturated carbocycles. The number of methoxy groups -OCH3 is 1. The first-order valence-corrected chi connectivity index (χ1v) is 8.37. The largest absolute Gasteiger partial charge is 0.497 e. The Morgan fingerprint density at radius 2 is 1.67 bits per heavy atom. The van der Waals surface area contributed by atoms with Gasteiger partial charge >= 0.3 is 0 Å². The van der Waals surface area contributed by atoms with Crippen LogP contribution in [0.3, 0.4) is 0 Å². The van der Waals surface area contributed by atoms with E-state index in [2.05, 4.69) is 56.0 Å². The van der Waals surface area contributed by atoms with E-state index in [1.165, 1.54) is 16.8 Å². The molecule has 3 nitrogen and oxygen atoms in total. The first-order valence-electron chi connectivity index (χ1n) is 8.37. The fourth-order valence-corrected chi connectivity index (χ4v) is 3.47. The highest BCUT2D eigenvalue weighted by atomic mass is 16.5. The zero-order valence-electron chi connectivity index (χ0n) is 15.1. The molecule has 0 aromatic heterocycles. The van der Waals surface area contributed by atoms with Gasteiger partial charge in [-0.1, -0.05) is 6.08 Å². The van der Waals surface area contributed by atoms with Crippen LogP contribution in [0.5, 0.6) is 11.5 Å². The van der Waals surface area contributed by atoms with Crippen molar-refractivity contribution in [3.8, 4) is 11.5 Å². The molecule has 0 spiro atoms. The minimum absolute atomic E-state index is 0.112. The summed E-state index contributed by atoms with van der Waals surface area (Å²) in [6.07, 6.45) is 2.31.